The Kier molecular flexibility index (Phi) is 6.29. The van der Waals surface area contributed by atoms with Crippen molar-refractivity contribution in [2.24, 2.45) is 0 Å². The molecule has 0 atom stereocenters. The smallest absolute Gasteiger partial charge is 0.337 e. The zero-order valence-corrected chi connectivity index (χ0v) is 15.3. The van der Waals surface area contributed by atoms with Gasteiger partial charge in [0.1, 0.15) is 0 Å². The van der Waals surface area contributed by atoms with Gasteiger partial charge in [0.25, 0.3) is 0 Å². The van der Waals surface area contributed by atoms with E-state index in [4.69, 9.17) is 11.6 Å². The Morgan fingerprint density at radius 3 is 2.62 bits per heavy atom. The molecule has 0 aliphatic carbocycles. The highest BCUT2D eigenvalue weighted by atomic mass is 35.5. The summed E-state index contributed by atoms with van der Waals surface area (Å²) in [4.78, 5) is 24.8. The molecule has 0 unspecified atom stereocenters. The molecule has 2 aromatic carbocycles. The maximum Gasteiger partial charge on any atom is 0.337 e. The number of anilines is 1. The molecule has 0 heterocycles. The van der Waals surface area contributed by atoms with Gasteiger partial charge in [-0.2, -0.15) is 0 Å². The molecule has 2 rings (SSSR count). The molecule has 0 aliphatic rings. The molecule has 1 N–H and O–H groups in total. The van der Waals surface area contributed by atoms with Gasteiger partial charge in [-0.05, 0) is 43.7 Å². The first-order valence-corrected chi connectivity index (χ1v) is 8.65. The van der Waals surface area contributed by atoms with Crippen LogP contribution in [0, 0.1) is 13.8 Å². The minimum atomic E-state index is -0.480. The van der Waals surface area contributed by atoms with Crippen LogP contribution in [0.3, 0.4) is 0 Å². The van der Waals surface area contributed by atoms with Crippen molar-refractivity contribution in [3.05, 3.63) is 58.1 Å². The van der Waals surface area contributed by atoms with Gasteiger partial charge in [0.15, 0.2) is 0 Å². The average Bonchev–Trinajstić information content (AvgIpc) is 2.57. The largest absolute Gasteiger partial charge is 0.465 e. The number of rotatable bonds is 5. The third kappa shape index (κ3) is 4.76. The lowest BCUT2D eigenvalue weighted by atomic mass is 10.2. The molecule has 0 aliphatic heterocycles. The van der Waals surface area contributed by atoms with E-state index in [-0.39, 0.29) is 11.7 Å². The van der Waals surface area contributed by atoms with E-state index in [0.717, 1.165) is 16.0 Å². The highest BCUT2D eigenvalue weighted by Gasteiger charge is 2.12. The molecule has 0 saturated heterocycles. The van der Waals surface area contributed by atoms with Crippen molar-refractivity contribution in [3.8, 4) is 0 Å². The van der Waals surface area contributed by atoms with Crippen LogP contribution >= 0.6 is 23.4 Å². The van der Waals surface area contributed by atoms with Gasteiger partial charge in [-0.3, -0.25) is 4.79 Å². The van der Waals surface area contributed by atoms with Gasteiger partial charge >= 0.3 is 5.97 Å². The number of hydrogen-bond donors (Lipinski definition) is 1. The van der Waals surface area contributed by atoms with E-state index in [2.05, 4.69) is 16.1 Å². The molecule has 0 saturated carbocycles. The monoisotopic (exact) mass is 363 g/mol. The predicted molar refractivity (Wildman–Crippen MR) is 98.1 cm³/mol. The maximum atomic E-state index is 12.2. The van der Waals surface area contributed by atoms with Crippen LogP contribution in [0.5, 0.6) is 0 Å². The second-order valence-corrected chi connectivity index (χ2v) is 6.72. The van der Waals surface area contributed by atoms with E-state index in [1.165, 1.54) is 24.9 Å². The van der Waals surface area contributed by atoms with E-state index in [9.17, 15) is 9.59 Å². The molecule has 2 aromatic rings. The molecule has 24 heavy (non-hydrogen) atoms. The Bertz CT molecular complexity index is 777. The zero-order chi connectivity index (χ0) is 17.7. The van der Waals surface area contributed by atoms with Crippen molar-refractivity contribution in [2.75, 3.05) is 18.2 Å². The molecule has 6 heteroatoms. The number of methoxy groups -OCH3 is 1. The summed E-state index contributed by atoms with van der Waals surface area (Å²) in [5.41, 5.74) is 3.01. The lowest BCUT2D eigenvalue weighted by molar-refractivity contribution is -0.113. The van der Waals surface area contributed by atoms with Gasteiger partial charge in [0.2, 0.25) is 5.91 Å². The summed E-state index contributed by atoms with van der Waals surface area (Å²) < 4.78 is 4.67. The van der Waals surface area contributed by atoms with E-state index in [1.807, 2.05) is 26.0 Å². The Balaban J connectivity index is 2.04. The van der Waals surface area contributed by atoms with Crippen molar-refractivity contribution < 1.29 is 14.3 Å². The molecule has 1 amide bonds. The van der Waals surface area contributed by atoms with Crippen LogP contribution in [0.4, 0.5) is 5.69 Å². The number of hydrogen-bond acceptors (Lipinski definition) is 4. The van der Waals surface area contributed by atoms with Gasteiger partial charge in [-0.15, -0.1) is 11.8 Å². The van der Waals surface area contributed by atoms with Crippen LogP contribution in [0.2, 0.25) is 5.02 Å². The number of amides is 1. The Hall–Kier alpha value is -1.98. The number of ether oxygens (including phenoxy) is 1. The molecule has 0 spiro atoms. The lowest BCUT2D eigenvalue weighted by Gasteiger charge is -2.10. The van der Waals surface area contributed by atoms with Crippen molar-refractivity contribution in [3.63, 3.8) is 0 Å². The average molecular weight is 364 g/mol. The Morgan fingerprint density at radius 1 is 1.17 bits per heavy atom. The number of carbonyl (C=O) groups is 2. The number of esters is 1. The summed E-state index contributed by atoms with van der Waals surface area (Å²) in [7, 11) is 1.30. The first kappa shape index (κ1) is 18.4. The highest BCUT2D eigenvalue weighted by Crippen LogP contribution is 2.26. The third-order valence-corrected chi connectivity index (χ3v) is 4.85. The normalized spacial score (nSPS) is 10.3. The van der Waals surface area contributed by atoms with Gasteiger partial charge in [0.05, 0.1) is 29.1 Å². The van der Waals surface area contributed by atoms with Crippen LogP contribution in [0.15, 0.2) is 41.3 Å². The van der Waals surface area contributed by atoms with E-state index < -0.39 is 5.97 Å². The number of carbonyl (C=O) groups excluding carboxylic acids is 2. The molecule has 0 fully saturated rings. The van der Waals surface area contributed by atoms with E-state index >= 15 is 0 Å². The minimum absolute atomic E-state index is 0.190. The molecule has 4 nitrogen and oxygen atoms in total. The topological polar surface area (TPSA) is 55.4 Å². The van der Waals surface area contributed by atoms with Crippen LogP contribution in [-0.4, -0.2) is 24.7 Å². The standard InChI is InChI=1S/C18H18ClNO3S/c1-11-4-5-12(2)16(8-11)24-10-17(21)20-15-9-13(18(22)23-3)6-7-14(15)19/h4-9H,10H2,1-3H3,(H,20,21). The van der Waals surface area contributed by atoms with Crippen LogP contribution in [0.25, 0.3) is 0 Å². The summed E-state index contributed by atoms with van der Waals surface area (Å²) in [5.74, 6) is -0.417. The maximum absolute atomic E-state index is 12.2. The molecular weight excluding hydrogens is 346 g/mol. The van der Waals surface area contributed by atoms with Crippen molar-refractivity contribution >= 4 is 40.9 Å². The molecule has 0 radical (unpaired) electrons. The van der Waals surface area contributed by atoms with Gasteiger partial charge in [-0.25, -0.2) is 4.79 Å². The fourth-order valence-corrected chi connectivity index (χ4v) is 3.15. The van der Waals surface area contributed by atoms with E-state index in [1.54, 1.807) is 12.1 Å². The minimum Gasteiger partial charge on any atom is -0.465 e. The summed E-state index contributed by atoms with van der Waals surface area (Å²) >= 11 is 7.54. The SMILES string of the molecule is COC(=O)c1ccc(Cl)c(NC(=O)CSc2cc(C)ccc2C)c1. The second-order valence-electron chi connectivity index (χ2n) is 5.29. The first-order chi connectivity index (χ1) is 11.4. The van der Waals surface area contributed by atoms with Crippen molar-refractivity contribution in [2.45, 2.75) is 18.7 Å². The molecular formula is C18H18ClNO3S. The van der Waals surface area contributed by atoms with Crippen LogP contribution in [-0.2, 0) is 9.53 Å². The summed E-state index contributed by atoms with van der Waals surface area (Å²) in [5, 5.41) is 3.10. The molecule has 0 aromatic heterocycles. The Morgan fingerprint density at radius 2 is 1.92 bits per heavy atom. The third-order valence-electron chi connectivity index (χ3n) is 3.36. The van der Waals surface area contributed by atoms with Gasteiger partial charge in [-0.1, -0.05) is 29.3 Å². The molecule has 0 bridgehead atoms. The predicted octanol–water partition coefficient (Wildman–Crippen LogP) is 4.47. The number of halogens is 1. The molecule has 126 valence electrons. The van der Waals surface area contributed by atoms with Crippen LogP contribution in [0.1, 0.15) is 21.5 Å². The number of aryl methyl sites for hydroxylation is 2. The Labute approximate surface area is 150 Å². The fourth-order valence-electron chi connectivity index (χ4n) is 2.06. The van der Waals surface area contributed by atoms with Gasteiger partial charge in [0, 0.05) is 4.90 Å². The first-order valence-electron chi connectivity index (χ1n) is 7.28. The quantitative estimate of drug-likeness (QED) is 0.628. The fraction of sp³-hybridized carbons (Fsp3) is 0.222. The van der Waals surface area contributed by atoms with Gasteiger partial charge < -0.3 is 10.1 Å². The number of nitrogens with one attached hydrogen (secondary N) is 1. The summed E-state index contributed by atoms with van der Waals surface area (Å²) in [6, 6.07) is 10.7. The van der Waals surface area contributed by atoms with Crippen molar-refractivity contribution in [1.82, 2.24) is 0 Å². The number of benzene rings is 2. The lowest BCUT2D eigenvalue weighted by Crippen LogP contribution is -2.15. The zero-order valence-electron chi connectivity index (χ0n) is 13.7. The summed E-state index contributed by atoms with van der Waals surface area (Å²) in [6.07, 6.45) is 0. The number of thioether (sulfide) groups is 1. The second kappa shape index (κ2) is 8.22. The summed E-state index contributed by atoms with van der Waals surface area (Å²) in [6.45, 7) is 4.03. The highest BCUT2D eigenvalue weighted by molar-refractivity contribution is 8.00. The van der Waals surface area contributed by atoms with Crippen LogP contribution < -0.4 is 5.32 Å². The van der Waals surface area contributed by atoms with Crippen molar-refractivity contribution in [1.29, 1.82) is 0 Å². The van der Waals surface area contributed by atoms with E-state index in [0.29, 0.717) is 16.3 Å².